The van der Waals surface area contributed by atoms with Crippen LogP contribution in [0.15, 0.2) is 0 Å². The molecular weight excluding hydrogens is 188 g/mol. The molecule has 0 bridgehead atoms. The lowest BCUT2D eigenvalue weighted by Crippen LogP contribution is -2.41. The van der Waals surface area contributed by atoms with Gasteiger partial charge in [-0.3, -0.25) is 4.90 Å². The van der Waals surface area contributed by atoms with E-state index in [4.69, 9.17) is 0 Å². The fourth-order valence-electron chi connectivity index (χ4n) is 3.47. The Balaban J connectivity index is 1.87. The summed E-state index contributed by atoms with van der Waals surface area (Å²) in [5, 5.41) is 9.37. The highest BCUT2D eigenvalue weighted by molar-refractivity contribution is 5.21. The highest BCUT2D eigenvalue weighted by Gasteiger charge is 2.76. The average molecular weight is 203 g/mol. The Morgan fingerprint density at radius 2 is 2.00 bits per heavy atom. The van der Waals surface area contributed by atoms with E-state index in [2.05, 4.69) is 4.90 Å². The van der Waals surface area contributed by atoms with Crippen LogP contribution in [-0.2, 0) is 0 Å². The van der Waals surface area contributed by atoms with Gasteiger partial charge in [0.05, 0.1) is 12.0 Å². The van der Waals surface area contributed by atoms with Gasteiger partial charge in [0, 0.05) is 18.5 Å². The van der Waals surface area contributed by atoms with E-state index < -0.39 is 11.3 Å². The van der Waals surface area contributed by atoms with Gasteiger partial charge in [-0.25, -0.2) is 8.78 Å². The molecule has 3 fully saturated rings. The summed E-state index contributed by atoms with van der Waals surface area (Å²) in [7, 11) is 0. The second-order valence-corrected chi connectivity index (χ2v) is 5.25. The quantitative estimate of drug-likeness (QED) is 0.693. The van der Waals surface area contributed by atoms with E-state index in [9.17, 15) is 13.9 Å². The number of aliphatic hydroxyl groups excluding tert-OH is 1. The van der Waals surface area contributed by atoms with Crippen LogP contribution in [0, 0.1) is 5.41 Å². The van der Waals surface area contributed by atoms with E-state index in [1.165, 1.54) is 0 Å². The van der Waals surface area contributed by atoms with Crippen molar-refractivity contribution in [2.24, 2.45) is 5.41 Å². The van der Waals surface area contributed by atoms with Crippen LogP contribution in [0.3, 0.4) is 0 Å². The van der Waals surface area contributed by atoms with E-state index >= 15 is 0 Å². The SMILES string of the molecule is OCC12CCCN1C[C@]1(C2)CC1(F)F. The van der Waals surface area contributed by atoms with E-state index in [1.807, 2.05) is 0 Å². The van der Waals surface area contributed by atoms with E-state index in [-0.39, 0.29) is 18.6 Å². The molecule has 2 aliphatic heterocycles. The summed E-state index contributed by atoms with van der Waals surface area (Å²) in [6.45, 7) is 1.43. The first-order chi connectivity index (χ1) is 6.54. The number of fused-ring (bicyclic) bond motifs is 1. The van der Waals surface area contributed by atoms with Crippen molar-refractivity contribution >= 4 is 0 Å². The third-order valence-electron chi connectivity index (χ3n) is 4.41. The lowest BCUT2D eigenvalue weighted by molar-refractivity contribution is 0.0644. The number of aliphatic hydroxyl groups is 1. The molecular formula is C10H15F2NO. The van der Waals surface area contributed by atoms with Gasteiger partial charge in [0.1, 0.15) is 0 Å². The first kappa shape index (κ1) is 9.04. The Kier molecular flexibility index (Phi) is 1.48. The van der Waals surface area contributed by atoms with Crippen molar-refractivity contribution in [3.63, 3.8) is 0 Å². The Morgan fingerprint density at radius 1 is 1.29 bits per heavy atom. The van der Waals surface area contributed by atoms with Crippen LogP contribution in [0.4, 0.5) is 8.78 Å². The summed E-state index contributed by atoms with van der Waals surface area (Å²) in [4.78, 5) is 2.09. The van der Waals surface area contributed by atoms with Crippen molar-refractivity contribution in [2.45, 2.75) is 37.1 Å². The molecule has 1 aliphatic carbocycles. The van der Waals surface area contributed by atoms with Gasteiger partial charge in [-0.05, 0) is 25.8 Å². The minimum absolute atomic E-state index is 0.0399. The van der Waals surface area contributed by atoms with Gasteiger partial charge < -0.3 is 5.11 Å². The summed E-state index contributed by atoms with van der Waals surface area (Å²) in [5.41, 5.74) is -1.06. The smallest absolute Gasteiger partial charge is 0.255 e. The first-order valence-electron chi connectivity index (χ1n) is 5.28. The van der Waals surface area contributed by atoms with Gasteiger partial charge in [0.15, 0.2) is 0 Å². The lowest BCUT2D eigenvalue weighted by atomic mass is 9.89. The second kappa shape index (κ2) is 2.30. The Labute approximate surface area is 81.9 Å². The van der Waals surface area contributed by atoms with Gasteiger partial charge in [0.25, 0.3) is 5.92 Å². The maximum Gasteiger partial charge on any atom is 0.255 e. The third kappa shape index (κ3) is 0.865. The zero-order chi connectivity index (χ0) is 10.0. The average Bonchev–Trinajstić information content (AvgIpc) is 2.47. The van der Waals surface area contributed by atoms with Crippen molar-refractivity contribution in [3.8, 4) is 0 Å². The molecule has 1 N–H and O–H groups in total. The molecule has 0 amide bonds. The number of nitrogens with zero attached hydrogens (tertiary/aromatic N) is 1. The predicted molar refractivity (Wildman–Crippen MR) is 47.2 cm³/mol. The topological polar surface area (TPSA) is 23.5 Å². The molecule has 14 heavy (non-hydrogen) atoms. The summed E-state index contributed by atoms with van der Waals surface area (Å²) in [5.74, 6) is -2.46. The molecule has 3 rings (SSSR count). The number of hydrogen-bond donors (Lipinski definition) is 1. The van der Waals surface area contributed by atoms with Crippen LogP contribution in [-0.4, -0.2) is 41.2 Å². The zero-order valence-corrected chi connectivity index (χ0v) is 8.10. The van der Waals surface area contributed by atoms with Crippen LogP contribution >= 0.6 is 0 Å². The molecule has 2 heterocycles. The van der Waals surface area contributed by atoms with Gasteiger partial charge in [-0.2, -0.15) is 0 Å². The molecule has 1 saturated carbocycles. The Morgan fingerprint density at radius 3 is 2.50 bits per heavy atom. The second-order valence-electron chi connectivity index (χ2n) is 5.25. The van der Waals surface area contributed by atoms with E-state index in [1.54, 1.807) is 0 Å². The van der Waals surface area contributed by atoms with Crippen molar-refractivity contribution in [2.75, 3.05) is 19.7 Å². The molecule has 0 aromatic heterocycles. The summed E-state index contributed by atoms with van der Waals surface area (Å²) >= 11 is 0. The third-order valence-corrected chi connectivity index (χ3v) is 4.41. The summed E-state index contributed by atoms with van der Waals surface area (Å²) < 4.78 is 26.4. The minimum Gasteiger partial charge on any atom is -0.394 e. The molecule has 3 aliphatic rings. The monoisotopic (exact) mass is 203 g/mol. The molecule has 0 aromatic carbocycles. The van der Waals surface area contributed by atoms with Crippen LogP contribution in [0.25, 0.3) is 0 Å². The fourth-order valence-corrected chi connectivity index (χ4v) is 3.47. The van der Waals surface area contributed by atoms with E-state index in [0.717, 1.165) is 19.4 Å². The number of alkyl halides is 2. The molecule has 1 unspecified atom stereocenters. The highest BCUT2D eigenvalue weighted by Crippen LogP contribution is 2.69. The van der Waals surface area contributed by atoms with Gasteiger partial charge in [0.2, 0.25) is 0 Å². The molecule has 2 saturated heterocycles. The molecule has 80 valence electrons. The fraction of sp³-hybridized carbons (Fsp3) is 1.00. The first-order valence-corrected chi connectivity index (χ1v) is 5.28. The van der Waals surface area contributed by atoms with Gasteiger partial charge in [-0.15, -0.1) is 0 Å². The van der Waals surface area contributed by atoms with Crippen LogP contribution in [0.1, 0.15) is 25.7 Å². The number of hydrogen-bond acceptors (Lipinski definition) is 2. The lowest BCUT2D eigenvalue weighted by Gasteiger charge is -2.29. The molecule has 4 heteroatoms. The molecule has 2 atom stereocenters. The van der Waals surface area contributed by atoms with Crippen molar-refractivity contribution in [1.82, 2.24) is 4.90 Å². The summed E-state index contributed by atoms with van der Waals surface area (Å²) in [6, 6.07) is 0. The molecule has 2 nitrogen and oxygen atoms in total. The summed E-state index contributed by atoms with van der Waals surface area (Å²) in [6.07, 6.45) is 2.48. The minimum atomic E-state index is -2.46. The molecule has 0 radical (unpaired) electrons. The van der Waals surface area contributed by atoms with Crippen LogP contribution in [0.5, 0.6) is 0 Å². The van der Waals surface area contributed by atoms with Gasteiger partial charge in [-0.1, -0.05) is 0 Å². The van der Waals surface area contributed by atoms with Crippen molar-refractivity contribution < 1.29 is 13.9 Å². The molecule has 0 aromatic rings. The highest BCUT2D eigenvalue weighted by atomic mass is 19.3. The maximum atomic E-state index is 13.2. The normalized spacial score (nSPS) is 49.9. The van der Waals surface area contributed by atoms with Crippen LogP contribution in [0.2, 0.25) is 0 Å². The largest absolute Gasteiger partial charge is 0.394 e. The zero-order valence-electron chi connectivity index (χ0n) is 8.10. The van der Waals surface area contributed by atoms with Crippen molar-refractivity contribution in [3.05, 3.63) is 0 Å². The number of rotatable bonds is 1. The van der Waals surface area contributed by atoms with E-state index in [0.29, 0.717) is 13.0 Å². The number of halogens is 2. The van der Waals surface area contributed by atoms with Crippen molar-refractivity contribution in [1.29, 1.82) is 0 Å². The standard InChI is InChI=1S/C10H15F2NO/c11-10(12)5-8(10)4-9(7-14)2-1-3-13(9)6-8/h14H,1-7H2/t8-,9?/m0/s1. The predicted octanol–water partition coefficient (Wildman–Crippen LogP) is 1.24. The molecule has 1 spiro atoms. The Hall–Kier alpha value is -0.220. The maximum absolute atomic E-state index is 13.2. The van der Waals surface area contributed by atoms with Crippen LogP contribution < -0.4 is 0 Å². The Bertz CT molecular complexity index is 283. The van der Waals surface area contributed by atoms with Gasteiger partial charge >= 0.3 is 0 Å².